The van der Waals surface area contributed by atoms with Crippen molar-refractivity contribution < 1.29 is 21.6 Å². The highest BCUT2D eigenvalue weighted by Gasteiger charge is 2.35. The molecule has 0 bridgehead atoms. The van der Waals surface area contributed by atoms with Gasteiger partial charge in [0.25, 0.3) is 10.0 Å². The Kier molecular flexibility index (Phi) is 4.21. The highest BCUT2D eigenvalue weighted by molar-refractivity contribution is 7.92. The van der Waals surface area contributed by atoms with Gasteiger partial charge in [-0.3, -0.25) is 4.98 Å². The number of aromatic nitrogens is 3. The summed E-state index contributed by atoms with van der Waals surface area (Å²) in [5.41, 5.74) is -0.946. The van der Waals surface area contributed by atoms with Crippen LogP contribution in [0.1, 0.15) is 5.69 Å². The average Bonchev–Trinajstić information content (AvgIpc) is 3.00. The Morgan fingerprint density at radius 3 is 2.24 bits per heavy atom. The Morgan fingerprint density at radius 1 is 1.00 bits per heavy atom. The molecule has 0 fully saturated rings. The molecule has 1 aromatic carbocycles. The SMILES string of the molecule is O=S(=O)(Nn1nc(C(F)(F)F)cc1-c1ccncc1)c1ccccc1. The summed E-state index contributed by atoms with van der Waals surface area (Å²) in [7, 11) is -4.11. The topological polar surface area (TPSA) is 76.9 Å². The van der Waals surface area contributed by atoms with Crippen LogP contribution in [0.15, 0.2) is 65.8 Å². The predicted molar refractivity (Wildman–Crippen MR) is 83.4 cm³/mol. The third-order valence-corrected chi connectivity index (χ3v) is 4.54. The van der Waals surface area contributed by atoms with Crippen LogP contribution < -0.4 is 4.83 Å². The second kappa shape index (κ2) is 6.20. The molecule has 0 aliphatic rings. The zero-order chi connectivity index (χ0) is 18.1. The van der Waals surface area contributed by atoms with Crippen LogP contribution in [-0.4, -0.2) is 23.3 Å². The van der Waals surface area contributed by atoms with Gasteiger partial charge in [0.05, 0.1) is 10.6 Å². The number of hydrogen-bond acceptors (Lipinski definition) is 4. The lowest BCUT2D eigenvalue weighted by Gasteiger charge is -2.11. The molecule has 0 unspecified atom stereocenters. The van der Waals surface area contributed by atoms with Crippen LogP contribution in [0, 0.1) is 0 Å². The number of halogens is 3. The van der Waals surface area contributed by atoms with Crippen molar-refractivity contribution in [1.82, 2.24) is 14.9 Å². The van der Waals surface area contributed by atoms with Gasteiger partial charge in [-0.2, -0.15) is 31.2 Å². The quantitative estimate of drug-likeness (QED) is 0.768. The zero-order valence-corrected chi connectivity index (χ0v) is 13.3. The van der Waals surface area contributed by atoms with E-state index in [1.54, 1.807) is 6.07 Å². The summed E-state index contributed by atoms with van der Waals surface area (Å²) in [5, 5.41) is 3.35. The molecular formula is C15H11F3N4O2S. The van der Waals surface area contributed by atoms with E-state index < -0.39 is 21.9 Å². The molecule has 0 aliphatic heterocycles. The molecule has 0 saturated heterocycles. The Labute approximate surface area is 141 Å². The molecule has 0 aliphatic carbocycles. The summed E-state index contributed by atoms with van der Waals surface area (Å²) in [6.45, 7) is 0. The van der Waals surface area contributed by atoms with Gasteiger partial charge in [0.2, 0.25) is 0 Å². The fraction of sp³-hybridized carbons (Fsp3) is 0.0667. The lowest BCUT2D eigenvalue weighted by molar-refractivity contribution is -0.141. The smallest absolute Gasteiger partial charge is 0.265 e. The van der Waals surface area contributed by atoms with E-state index in [9.17, 15) is 21.6 Å². The summed E-state index contributed by atoms with van der Waals surface area (Å²) in [4.78, 5) is 6.34. The van der Waals surface area contributed by atoms with E-state index in [4.69, 9.17) is 0 Å². The summed E-state index contributed by atoms with van der Waals surface area (Å²) in [5.74, 6) is 0. The highest BCUT2D eigenvalue weighted by atomic mass is 32.2. The van der Waals surface area contributed by atoms with Gasteiger partial charge in [0.15, 0.2) is 5.69 Å². The van der Waals surface area contributed by atoms with Gasteiger partial charge in [-0.05, 0) is 30.3 Å². The van der Waals surface area contributed by atoms with Gasteiger partial charge < -0.3 is 0 Å². The van der Waals surface area contributed by atoms with Crippen molar-refractivity contribution in [2.45, 2.75) is 11.1 Å². The van der Waals surface area contributed by atoms with E-state index in [-0.39, 0.29) is 10.6 Å². The molecule has 6 nitrogen and oxygen atoms in total. The number of rotatable bonds is 4. The number of alkyl halides is 3. The van der Waals surface area contributed by atoms with Gasteiger partial charge >= 0.3 is 6.18 Å². The Bertz CT molecular complexity index is 971. The maximum absolute atomic E-state index is 13.0. The van der Waals surface area contributed by atoms with Crippen LogP contribution in [0.5, 0.6) is 0 Å². The normalized spacial score (nSPS) is 12.1. The monoisotopic (exact) mass is 368 g/mol. The molecule has 10 heteroatoms. The van der Waals surface area contributed by atoms with Crippen molar-refractivity contribution >= 4 is 10.0 Å². The number of benzene rings is 1. The fourth-order valence-corrected chi connectivity index (χ4v) is 3.07. The van der Waals surface area contributed by atoms with Crippen LogP contribution in [0.25, 0.3) is 11.3 Å². The number of pyridine rings is 1. The van der Waals surface area contributed by atoms with E-state index in [2.05, 4.69) is 14.9 Å². The largest absolute Gasteiger partial charge is 0.435 e. The lowest BCUT2D eigenvalue weighted by Crippen LogP contribution is -2.25. The number of hydrogen-bond donors (Lipinski definition) is 1. The van der Waals surface area contributed by atoms with E-state index in [1.165, 1.54) is 48.8 Å². The average molecular weight is 368 g/mol. The zero-order valence-electron chi connectivity index (χ0n) is 12.5. The number of nitrogens with zero attached hydrogens (tertiary/aromatic N) is 3. The molecule has 2 heterocycles. The molecule has 1 N–H and O–H groups in total. The second-order valence-corrected chi connectivity index (χ2v) is 6.63. The second-order valence-electron chi connectivity index (χ2n) is 4.97. The summed E-state index contributed by atoms with van der Waals surface area (Å²) in [6, 6.07) is 10.9. The first-order valence-electron chi connectivity index (χ1n) is 6.93. The van der Waals surface area contributed by atoms with Crippen LogP contribution in [0.3, 0.4) is 0 Å². The van der Waals surface area contributed by atoms with E-state index in [1.807, 2.05) is 0 Å². The van der Waals surface area contributed by atoms with Crippen molar-refractivity contribution in [2.24, 2.45) is 0 Å². The predicted octanol–water partition coefficient (Wildman–Crippen LogP) is 2.90. The van der Waals surface area contributed by atoms with Crippen LogP contribution in [-0.2, 0) is 16.2 Å². The maximum Gasteiger partial charge on any atom is 0.435 e. The van der Waals surface area contributed by atoms with E-state index in [0.29, 0.717) is 10.4 Å². The third-order valence-electron chi connectivity index (χ3n) is 3.24. The lowest BCUT2D eigenvalue weighted by atomic mass is 10.2. The molecule has 3 aromatic rings. The van der Waals surface area contributed by atoms with Crippen molar-refractivity contribution in [1.29, 1.82) is 0 Å². The molecule has 0 saturated carbocycles. The number of sulfonamides is 1. The Hall–Kier alpha value is -2.88. The first kappa shape index (κ1) is 17.0. The van der Waals surface area contributed by atoms with Crippen molar-refractivity contribution in [3.8, 4) is 11.3 Å². The maximum atomic E-state index is 13.0. The van der Waals surface area contributed by atoms with E-state index >= 15 is 0 Å². The first-order valence-corrected chi connectivity index (χ1v) is 8.41. The van der Waals surface area contributed by atoms with E-state index in [0.717, 1.165) is 6.07 Å². The van der Waals surface area contributed by atoms with Gasteiger partial charge in [-0.15, -0.1) is 5.10 Å². The van der Waals surface area contributed by atoms with Crippen molar-refractivity contribution in [3.05, 3.63) is 66.6 Å². The Balaban J connectivity index is 2.08. The van der Waals surface area contributed by atoms with Crippen LogP contribution >= 0.6 is 0 Å². The minimum atomic E-state index is -4.72. The molecule has 3 rings (SSSR count). The van der Waals surface area contributed by atoms with Gasteiger partial charge in [-0.1, -0.05) is 18.2 Å². The highest BCUT2D eigenvalue weighted by Crippen LogP contribution is 2.31. The summed E-state index contributed by atoms with van der Waals surface area (Å²) in [6.07, 6.45) is -1.96. The molecule has 0 radical (unpaired) electrons. The van der Waals surface area contributed by atoms with Gasteiger partial charge in [0, 0.05) is 18.0 Å². The van der Waals surface area contributed by atoms with Crippen LogP contribution in [0.2, 0.25) is 0 Å². The Morgan fingerprint density at radius 2 is 1.64 bits per heavy atom. The molecule has 2 aromatic heterocycles. The summed E-state index contributed by atoms with van der Waals surface area (Å²) < 4.78 is 63.7. The van der Waals surface area contributed by atoms with Gasteiger partial charge in [0.1, 0.15) is 0 Å². The van der Waals surface area contributed by atoms with Crippen molar-refractivity contribution in [2.75, 3.05) is 4.83 Å². The molecule has 0 amide bonds. The minimum Gasteiger partial charge on any atom is -0.265 e. The minimum absolute atomic E-state index is 0.0609. The molecular weight excluding hydrogens is 357 g/mol. The molecule has 130 valence electrons. The molecule has 0 spiro atoms. The molecule has 25 heavy (non-hydrogen) atoms. The number of nitrogens with one attached hydrogen (secondary N) is 1. The first-order chi connectivity index (χ1) is 11.8. The standard InChI is InChI=1S/C15H11F3N4O2S/c16-15(17,18)14-10-13(11-6-8-19-9-7-11)22(20-14)21-25(23,24)12-4-2-1-3-5-12/h1-10,21H. The fourth-order valence-electron chi connectivity index (χ4n) is 2.08. The van der Waals surface area contributed by atoms with Crippen molar-refractivity contribution in [3.63, 3.8) is 0 Å². The summed E-state index contributed by atoms with van der Waals surface area (Å²) >= 11 is 0. The molecule has 0 atom stereocenters. The van der Waals surface area contributed by atoms with Crippen LogP contribution in [0.4, 0.5) is 13.2 Å². The third kappa shape index (κ3) is 3.63. The van der Waals surface area contributed by atoms with Gasteiger partial charge in [-0.25, -0.2) is 0 Å².